The van der Waals surface area contributed by atoms with Gasteiger partial charge >= 0.3 is 0 Å². The molecule has 2 heterocycles. The zero-order valence-corrected chi connectivity index (χ0v) is 7.91. The van der Waals surface area contributed by atoms with Crippen molar-refractivity contribution in [3.63, 3.8) is 0 Å². The van der Waals surface area contributed by atoms with E-state index in [0.717, 1.165) is 23.1 Å². The van der Waals surface area contributed by atoms with Gasteiger partial charge in [0.15, 0.2) is 6.29 Å². The van der Waals surface area contributed by atoms with Crippen LogP contribution in [-0.2, 0) is 7.05 Å². The van der Waals surface area contributed by atoms with E-state index in [4.69, 9.17) is 0 Å². The number of aromatic nitrogens is 2. The highest BCUT2D eigenvalue weighted by Gasteiger charge is 2.08. The quantitative estimate of drug-likeness (QED) is 0.682. The van der Waals surface area contributed by atoms with Crippen LogP contribution in [0.4, 0.5) is 0 Å². The van der Waals surface area contributed by atoms with Crippen molar-refractivity contribution in [1.82, 2.24) is 9.78 Å². The Hall–Kier alpha value is -1.42. The number of hydrogen-bond acceptors (Lipinski definition) is 3. The van der Waals surface area contributed by atoms with Gasteiger partial charge in [0.1, 0.15) is 0 Å². The molecule has 0 fully saturated rings. The Balaban J connectivity index is 2.58. The lowest BCUT2D eigenvalue weighted by Crippen LogP contribution is -1.93. The van der Waals surface area contributed by atoms with Crippen LogP contribution in [0.2, 0.25) is 0 Å². The van der Waals surface area contributed by atoms with Gasteiger partial charge in [-0.1, -0.05) is 0 Å². The Labute approximate surface area is 79.6 Å². The highest BCUT2D eigenvalue weighted by molar-refractivity contribution is 7.08. The first-order valence-corrected chi connectivity index (χ1v) is 4.77. The second kappa shape index (κ2) is 3.14. The first kappa shape index (κ1) is 8.19. The minimum Gasteiger partial charge on any atom is -0.298 e. The fourth-order valence-corrected chi connectivity index (χ4v) is 2.03. The second-order valence-electron chi connectivity index (χ2n) is 2.70. The molecule has 0 aromatic carbocycles. The van der Waals surface area contributed by atoms with Crippen LogP contribution >= 0.6 is 11.3 Å². The highest BCUT2D eigenvalue weighted by atomic mass is 32.1. The highest BCUT2D eigenvalue weighted by Crippen LogP contribution is 2.25. The molecule has 2 aromatic heterocycles. The molecule has 0 N–H and O–H groups in total. The maximum Gasteiger partial charge on any atom is 0.151 e. The molecule has 4 heteroatoms. The minimum atomic E-state index is 0.730. The van der Waals surface area contributed by atoms with Crippen LogP contribution in [0.15, 0.2) is 23.0 Å². The number of hydrogen-bond donors (Lipinski definition) is 0. The fraction of sp³-hybridized carbons (Fsp3) is 0.111. The van der Waals surface area contributed by atoms with Crippen LogP contribution in [0.25, 0.3) is 11.3 Å². The van der Waals surface area contributed by atoms with Crippen molar-refractivity contribution in [2.75, 3.05) is 0 Å². The fourth-order valence-electron chi connectivity index (χ4n) is 1.24. The summed E-state index contributed by atoms with van der Waals surface area (Å²) in [5.41, 5.74) is 2.66. The maximum atomic E-state index is 10.7. The first-order valence-electron chi connectivity index (χ1n) is 3.82. The topological polar surface area (TPSA) is 34.9 Å². The smallest absolute Gasteiger partial charge is 0.151 e. The third kappa shape index (κ3) is 1.29. The molecule has 0 aliphatic carbocycles. The molecule has 0 radical (unpaired) electrons. The van der Waals surface area contributed by atoms with Crippen molar-refractivity contribution in [3.8, 4) is 11.3 Å². The van der Waals surface area contributed by atoms with Crippen LogP contribution < -0.4 is 0 Å². The van der Waals surface area contributed by atoms with E-state index in [0.29, 0.717) is 0 Å². The third-order valence-electron chi connectivity index (χ3n) is 1.92. The van der Waals surface area contributed by atoms with Crippen molar-refractivity contribution in [3.05, 3.63) is 28.6 Å². The molecule has 2 rings (SSSR count). The molecule has 0 atom stereocenters. The Kier molecular flexibility index (Phi) is 1.98. The largest absolute Gasteiger partial charge is 0.298 e. The standard InChI is InChI=1S/C9H8N2OS/c1-11-9(2-3-10-11)8-6-13-5-7(8)4-12/h2-6H,1H3. The van der Waals surface area contributed by atoms with Gasteiger partial charge in [-0.05, 0) is 6.07 Å². The van der Waals surface area contributed by atoms with Gasteiger partial charge in [0.2, 0.25) is 0 Å². The molecule has 13 heavy (non-hydrogen) atoms. The van der Waals surface area contributed by atoms with Crippen molar-refractivity contribution in [1.29, 1.82) is 0 Å². The van der Waals surface area contributed by atoms with Gasteiger partial charge in [-0.15, -0.1) is 0 Å². The molecule has 0 spiro atoms. The van der Waals surface area contributed by atoms with Gasteiger partial charge in [0.25, 0.3) is 0 Å². The predicted octanol–water partition coefficient (Wildman–Crippen LogP) is 1.96. The normalized spacial score (nSPS) is 10.2. The summed E-state index contributed by atoms with van der Waals surface area (Å²) in [4.78, 5) is 10.7. The van der Waals surface area contributed by atoms with E-state index >= 15 is 0 Å². The van der Waals surface area contributed by atoms with E-state index in [1.54, 1.807) is 10.9 Å². The molecule has 66 valence electrons. The number of carbonyl (C=O) groups is 1. The molecule has 0 aliphatic heterocycles. The molecule has 0 saturated carbocycles. The number of thiophene rings is 1. The molecule has 0 unspecified atom stereocenters. The third-order valence-corrected chi connectivity index (χ3v) is 2.68. The van der Waals surface area contributed by atoms with E-state index in [9.17, 15) is 4.79 Å². The monoisotopic (exact) mass is 192 g/mol. The summed E-state index contributed by atoms with van der Waals surface area (Å²) >= 11 is 1.53. The summed E-state index contributed by atoms with van der Waals surface area (Å²) in [6.45, 7) is 0. The van der Waals surface area contributed by atoms with Crippen LogP contribution in [0.5, 0.6) is 0 Å². The molecule has 0 aliphatic rings. The van der Waals surface area contributed by atoms with Crippen molar-refractivity contribution >= 4 is 17.6 Å². The molecular weight excluding hydrogens is 184 g/mol. The molecule has 2 aromatic rings. The SMILES string of the molecule is Cn1nccc1-c1cscc1C=O. The summed E-state index contributed by atoms with van der Waals surface area (Å²) in [7, 11) is 1.86. The number of rotatable bonds is 2. The van der Waals surface area contributed by atoms with Gasteiger partial charge in [-0.3, -0.25) is 9.48 Å². The maximum absolute atomic E-state index is 10.7. The summed E-state index contributed by atoms with van der Waals surface area (Å²) in [6.07, 6.45) is 2.60. The van der Waals surface area contributed by atoms with Crippen LogP contribution in [0.3, 0.4) is 0 Å². The Morgan fingerprint density at radius 3 is 3.00 bits per heavy atom. The molecule has 3 nitrogen and oxygen atoms in total. The van der Waals surface area contributed by atoms with Crippen LogP contribution in [0.1, 0.15) is 10.4 Å². The first-order chi connectivity index (χ1) is 6.33. The second-order valence-corrected chi connectivity index (χ2v) is 3.44. The number of aldehydes is 1. The summed E-state index contributed by atoms with van der Waals surface area (Å²) in [5, 5.41) is 7.86. The van der Waals surface area contributed by atoms with Gasteiger partial charge < -0.3 is 0 Å². The molecule has 0 saturated heterocycles. The summed E-state index contributed by atoms with van der Waals surface area (Å²) < 4.78 is 1.76. The Morgan fingerprint density at radius 1 is 1.54 bits per heavy atom. The van der Waals surface area contributed by atoms with E-state index in [1.165, 1.54) is 11.3 Å². The van der Waals surface area contributed by atoms with Crippen molar-refractivity contribution in [2.24, 2.45) is 7.05 Å². The van der Waals surface area contributed by atoms with Gasteiger partial charge in [-0.25, -0.2) is 0 Å². The number of nitrogens with zero attached hydrogens (tertiary/aromatic N) is 2. The number of carbonyl (C=O) groups excluding carboxylic acids is 1. The molecular formula is C9H8N2OS. The van der Waals surface area contributed by atoms with Gasteiger partial charge in [0, 0.05) is 35.1 Å². The summed E-state index contributed by atoms with van der Waals surface area (Å²) in [6, 6.07) is 1.90. The average Bonchev–Trinajstić information content (AvgIpc) is 2.71. The van der Waals surface area contributed by atoms with E-state index in [2.05, 4.69) is 5.10 Å². The van der Waals surface area contributed by atoms with E-state index in [-0.39, 0.29) is 0 Å². The minimum absolute atomic E-state index is 0.730. The lowest BCUT2D eigenvalue weighted by Gasteiger charge is -1.98. The van der Waals surface area contributed by atoms with Crippen molar-refractivity contribution in [2.45, 2.75) is 0 Å². The number of aryl methyl sites for hydroxylation is 1. The van der Waals surface area contributed by atoms with Crippen LogP contribution in [0, 0.1) is 0 Å². The summed E-state index contributed by atoms with van der Waals surface area (Å²) in [5.74, 6) is 0. The molecule has 0 amide bonds. The van der Waals surface area contributed by atoms with Crippen molar-refractivity contribution < 1.29 is 4.79 Å². The van der Waals surface area contributed by atoms with E-state index in [1.807, 2.05) is 23.9 Å². The van der Waals surface area contributed by atoms with Crippen LogP contribution in [-0.4, -0.2) is 16.1 Å². The zero-order chi connectivity index (χ0) is 9.26. The molecule has 0 bridgehead atoms. The lowest BCUT2D eigenvalue weighted by molar-refractivity contribution is 0.112. The Morgan fingerprint density at radius 2 is 2.38 bits per heavy atom. The Bertz CT molecular complexity index is 430. The van der Waals surface area contributed by atoms with Gasteiger partial charge in [0.05, 0.1) is 5.69 Å². The van der Waals surface area contributed by atoms with E-state index < -0.39 is 0 Å². The zero-order valence-electron chi connectivity index (χ0n) is 7.10. The predicted molar refractivity (Wildman–Crippen MR) is 51.9 cm³/mol. The lowest BCUT2D eigenvalue weighted by atomic mass is 10.1. The van der Waals surface area contributed by atoms with Gasteiger partial charge in [-0.2, -0.15) is 16.4 Å². The average molecular weight is 192 g/mol.